The van der Waals surface area contributed by atoms with Gasteiger partial charge >= 0.3 is 0 Å². The van der Waals surface area contributed by atoms with Gasteiger partial charge in [0.25, 0.3) is 10.1 Å². The second-order valence-corrected chi connectivity index (χ2v) is 6.86. The van der Waals surface area contributed by atoms with E-state index in [1.807, 2.05) is 0 Å². The van der Waals surface area contributed by atoms with E-state index in [9.17, 15) is 8.42 Å². The van der Waals surface area contributed by atoms with Crippen molar-refractivity contribution >= 4 is 10.1 Å². The smallest absolute Gasteiger partial charge is 0.294 e. The number of ether oxygens (including phenoxy) is 1. The summed E-state index contributed by atoms with van der Waals surface area (Å²) in [5.41, 5.74) is 1.08. The Morgan fingerprint density at radius 2 is 1.89 bits per heavy atom. The van der Waals surface area contributed by atoms with Gasteiger partial charge in [-0.15, -0.1) is 0 Å². The molecule has 2 unspecified atom stereocenters. The van der Waals surface area contributed by atoms with Gasteiger partial charge in [0.1, 0.15) is 0 Å². The van der Waals surface area contributed by atoms with Crippen LogP contribution in [0.5, 0.6) is 0 Å². The third kappa shape index (κ3) is 4.03. The van der Waals surface area contributed by atoms with E-state index in [4.69, 9.17) is 9.29 Å². The molecule has 0 spiro atoms. The summed E-state index contributed by atoms with van der Waals surface area (Å²) in [7, 11) is -4.09. The molecule has 2 rings (SSSR count). The third-order valence-corrected chi connectivity index (χ3v) is 4.55. The Kier molecular flexibility index (Phi) is 4.28. The van der Waals surface area contributed by atoms with E-state index < -0.39 is 10.1 Å². The molecule has 1 saturated heterocycles. The fraction of sp³-hybridized carbons (Fsp3) is 0.571. The van der Waals surface area contributed by atoms with Crippen LogP contribution in [0.2, 0.25) is 0 Å². The maximum absolute atomic E-state index is 10.9. The molecule has 5 heteroatoms. The molecule has 4 nitrogen and oxygen atoms in total. The largest absolute Gasteiger partial charge is 0.373 e. The molecule has 1 aliphatic rings. The van der Waals surface area contributed by atoms with Crippen LogP contribution in [-0.2, 0) is 21.3 Å². The molecule has 19 heavy (non-hydrogen) atoms. The molecule has 1 N–H and O–H groups in total. The molecule has 0 saturated carbocycles. The Labute approximate surface area is 114 Å². The van der Waals surface area contributed by atoms with Crippen molar-refractivity contribution in [3.8, 4) is 0 Å². The predicted molar refractivity (Wildman–Crippen MR) is 72.6 cm³/mol. The molecule has 0 aliphatic carbocycles. The van der Waals surface area contributed by atoms with Crippen molar-refractivity contribution in [1.29, 1.82) is 0 Å². The van der Waals surface area contributed by atoms with Crippen LogP contribution in [0.15, 0.2) is 29.2 Å². The summed E-state index contributed by atoms with van der Waals surface area (Å²) in [5.74, 6) is 1.14. The van der Waals surface area contributed by atoms with Crippen LogP contribution in [0.3, 0.4) is 0 Å². The van der Waals surface area contributed by atoms with Crippen molar-refractivity contribution in [3.63, 3.8) is 0 Å². The first-order chi connectivity index (χ1) is 8.88. The summed E-state index contributed by atoms with van der Waals surface area (Å²) >= 11 is 0. The SMILES string of the molecule is CC(C)C(CCc1ccc(S(=O)(=O)O)cc1)C1CO1. The van der Waals surface area contributed by atoms with Crippen LogP contribution < -0.4 is 0 Å². The summed E-state index contributed by atoms with van der Waals surface area (Å²) in [6.45, 7) is 5.27. The minimum Gasteiger partial charge on any atom is -0.373 e. The maximum atomic E-state index is 10.9. The quantitative estimate of drug-likeness (QED) is 0.644. The van der Waals surface area contributed by atoms with Crippen LogP contribution >= 0.6 is 0 Å². The Morgan fingerprint density at radius 1 is 1.32 bits per heavy atom. The summed E-state index contributed by atoms with van der Waals surface area (Å²) in [5, 5.41) is 0. The normalized spacial score (nSPS) is 20.5. The van der Waals surface area contributed by atoms with Crippen molar-refractivity contribution in [1.82, 2.24) is 0 Å². The molecule has 1 fully saturated rings. The Bertz CT molecular complexity index is 513. The van der Waals surface area contributed by atoms with Gasteiger partial charge in [0.15, 0.2) is 0 Å². The topological polar surface area (TPSA) is 66.9 Å². The highest BCUT2D eigenvalue weighted by atomic mass is 32.2. The Balaban J connectivity index is 1.96. The Hall–Kier alpha value is -0.910. The summed E-state index contributed by atoms with van der Waals surface area (Å²) in [6.07, 6.45) is 2.33. The highest BCUT2D eigenvalue weighted by molar-refractivity contribution is 7.85. The zero-order chi connectivity index (χ0) is 14.0. The minimum absolute atomic E-state index is 0.0535. The molecule has 1 aromatic rings. The lowest BCUT2D eigenvalue weighted by atomic mass is 9.87. The van der Waals surface area contributed by atoms with Crippen molar-refractivity contribution in [2.75, 3.05) is 6.61 Å². The second kappa shape index (κ2) is 5.61. The molecular weight excluding hydrogens is 264 g/mol. The lowest BCUT2D eigenvalue weighted by Crippen LogP contribution is -2.16. The molecule has 2 atom stereocenters. The number of epoxide rings is 1. The van der Waals surface area contributed by atoms with Crippen LogP contribution in [0, 0.1) is 11.8 Å². The first kappa shape index (κ1) is 14.5. The van der Waals surface area contributed by atoms with Crippen LogP contribution in [0.4, 0.5) is 0 Å². The van der Waals surface area contributed by atoms with Crippen LogP contribution in [0.1, 0.15) is 25.8 Å². The molecule has 0 radical (unpaired) electrons. The number of benzene rings is 1. The number of rotatable bonds is 6. The van der Waals surface area contributed by atoms with Gasteiger partial charge in [-0.1, -0.05) is 26.0 Å². The van der Waals surface area contributed by atoms with E-state index in [-0.39, 0.29) is 4.90 Å². The van der Waals surface area contributed by atoms with Crippen molar-refractivity contribution in [2.24, 2.45) is 11.8 Å². The fourth-order valence-electron chi connectivity index (χ4n) is 2.41. The van der Waals surface area contributed by atoms with Gasteiger partial charge in [-0.05, 0) is 42.4 Å². The number of hydrogen-bond acceptors (Lipinski definition) is 3. The fourth-order valence-corrected chi connectivity index (χ4v) is 2.89. The highest BCUT2D eigenvalue weighted by Crippen LogP contribution is 2.30. The van der Waals surface area contributed by atoms with Gasteiger partial charge in [0.2, 0.25) is 0 Å². The molecule has 1 aromatic carbocycles. The number of aryl methyl sites for hydroxylation is 1. The van der Waals surface area contributed by atoms with E-state index in [2.05, 4.69) is 13.8 Å². The first-order valence-electron chi connectivity index (χ1n) is 6.56. The molecular formula is C14H20O4S. The summed E-state index contributed by atoms with van der Waals surface area (Å²) in [6, 6.07) is 6.41. The van der Waals surface area contributed by atoms with Crippen LogP contribution in [0.25, 0.3) is 0 Å². The lowest BCUT2D eigenvalue weighted by molar-refractivity contribution is 0.259. The van der Waals surface area contributed by atoms with Gasteiger partial charge in [-0.2, -0.15) is 8.42 Å². The van der Waals surface area contributed by atoms with Gasteiger partial charge < -0.3 is 4.74 Å². The summed E-state index contributed by atoms with van der Waals surface area (Å²) < 4.78 is 36.2. The average molecular weight is 284 g/mol. The Morgan fingerprint density at radius 3 is 2.32 bits per heavy atom. The molecule has 106 valence electrons. The van der Waals surface area contributed by atoms with Crippen molar-refractivity contribution < 1.29 is 17.7 Å². The standard InChI is InChI=1S/C14H20O4S/c1-10(2)13(14-9-18-14)8-5-11-3-6-12(7-4-11)19(15,16)17/h3-4,6-7,10,13-14H,5,8-9H2,1-2H3,(H,15,16,17). The predicted octanol–water partition coefficient (Wildman–Crippen LogP) is 2.54. The number of hydrogen-bond donors (Lipinski definition) is 1. The van der Waals surface area contributed by atoms with Gasteiger partial charge in [-0.3, -0.25) is 4.55 Å². The van der Waals surface area contributed by atoms with Gasteiger partial charge in [-0.25, -0.2) is 0 Å². The van der Waals surface area contributed by atoms with Crippen LogP contribution in [-0.4, -0.2) is 25.7 Å². The molecule has 1 heterocycles. The van der Waals surface area contributed by atoms with Crippen molar-refractivity contribution in [2.45, 2.75) is 37.7 Å². The van der Waals surface area contributed by atoms with E-state index in [0.29, 0.717) is 17.9 Å². The third-order valence-electron chi connectivity index (χ3n) is 3.68. The monoisotopic (exact) mass is 284 g/mol. The highest BCUT2D eigenvalue weighted by Gasteiger charge is 2.34. The van der Waals surface area contributed by atoms with E-state index in [0.717, 1.165) is 25.0 Å². The first-order valence-corrected chi connectivity index (χ1v) is 8.00. The zero-order valence-corrected chi connectivity index (χ0v) is 12.1. The maximum Gasteiger partial charge on any atom is 0.294 e. The molecule has 0 bridgehead atoms. The van der Waals surface area contributed by atoms with Gasteiger partial charge in [0.05, 0.1) is 17.6 Å². The second-order valence-electron chi connectivity index (χ2n) is 5.44. The minimum atomic E-state index is -4.09. The molecule has 0 amide bonds. The van der Waals surface area contributed by atoms with Crippen molar-refractivity contribution in [3.05, 3.63) is 29.8 Å². The van der Waals surface area contributed by atoms with Gasteiger partial charge in [0, 0.05) is 0 Å². The van der Waals surface area contributed by atoms with E-state index in [1.165, 1.54) is 12.1 Å². The summed E-state index contributed by atoms with van der Waals surface area (Å²) in [4.78, 5) is -0.0535. The molecule has 1 aliphatic heterocycles. The van der Waals surface area contributed by atoms with E-state index >= 15 is 0 Å². The van der Waals surface area contributed by atoms with E-state index in [1.54, 1.807) is 12.1 Å². The average Bonchev–Trinajstić information content (AvgIpc) is 3.13. The zero-order valence-electron chi connectivity index (χ0n) is 11.2. The lowest BCUT2D eigenvalue weighted by Gasteiger charge is -2.18. The molecule has 0 aromatic heterocycles.